The summed E-state index contributed by atoms with van der Waals surface area (Å²) in [5, 5.41) is 3.91. The van der Waals surface area contributed by atoms with E-state index in [1.807, 2.05) is 36.2 Å². The molecular formula is C19H24ClN3O2S. The van der Waals surface area contributed by atoms with Crippen molar-refractivity contribution >= 4 is 27.4 Å². The smallest absolute Gasteiger partial charge is 0.193 e. The standard InChI is InChI=1S/C19H24ClN3O2S/c1-21-19(23(2)15-16-8-6-9-17(20)14-16)22-12-7-13-26(24,25)18-10-4-3-5-11-18/h3-6,8-11,14H,7,12-13,15H2,1-2H3,(H,21,22). The molecule has 0 amide bonds. The minimum atomic E-state index is -3.25. The minimum Gasteiger partial charge on any atom is -0.356 e. The number of nitrogens with one attached hydrogen (secondary N) is 1. The quantitative estimate of drug-likeness (QED) is 0.445. The lowest BCUT2D eigenvalue weighted by molar-refractivity contribution is 0.476. The molecule has 0 aromatic heterocycles. The topological polar surface area (TPSA) is 61.8 Å². The van der Waals surface area contributed by atoms with Gasteiger partial charge in [-0.05, 0) is 36.2 Å². The number of halogens is 1. The zero-order valence-corrected chi connectivity index (χ0v) is 16.6. The number of sulfone groups is 1. The Labute approximate surface area is 160 Å². The number of benzene rings is 2. The lowest BCUT2D eigenvalue weighted by Gasteiger charge is -2.22. The van der Waals surface area contributed by atoms with Crippen LogP contribution in [0, 0.1) is 0 Å². The highest BCUT2D eigenvalue weighted by molar-refractivity contribution is 7.91. The Hall–Kier alpha value is -2.05. The van der Waals surface area contributed by atoms with Crippen molar-refractivity contribution in [1.29, 1.82) is 0 Å². The second-order valence-corrected chi connectivity index (χ2v) is 8.49. The van der Waals surface area contributed by atoms with Crippen LogP contribution in [-0.4, -0.2) is 45.7 Å². The lowest BCUT2D eigenvalue weighted by atomic mass is 10.2. The molecule has 2 rings (SSSR count). The van der Waals surface area contributed by atoms with Crippen molar-refractivity contribution in [2.45, 2.75) is 17.9 Å². The van der Waals surface area contributed by atoms with E-state index in [1.54, 1.807) is 37.4 Å². The van der Waals surface area contributed by atoms with Crippen LogP contribution >= 0.6 is 11.6 Å². The summed E-state index contributed by atoms with van der Waals surface area (Å²) in [4.78, 5) is 6.58. The molecule has 0 fully saturated rings. The third-order valence-electron chi connectivity index (χ3n) is 3.86. The number of hydrogen-bond acceptors (Lipinski definition) is 3. The number of rotatable bonds is 7. The van der Waals surface area contributed by atoms with E-state index < -0.39 is 9.84 Å². The first kappa shape index (κ1) is 20.3. The molecule has 2 aromatic carbocycles. The summed E-state index contributed by atoms with van der Waals surface area (Å²) in [6.45, 7) is 1.18. The molecule has 2 aromatic rings. The fourth-order valence-corrected chi connectivity index (χ4v) is 4.12. The van der Waals surface area contributed by atoms with Gasteiger partial charge in [-0.15, -0.1) is 0 Å². The minimum absolute atomic E-state index is 0.0962. The highest BCUT2D eigenvalue weighted by Gasteiger charge is 2.13. The van der Waals surface area contributed by atoms with Crippen LogP contribution < -0.4 is 5.32 Å². The molecule has 0 unspecified atom stereocenters. The van der Waals surface area contributed by atoms with Crippen LogP contribution in [-0.2, 0) is 16.4 Å². The zero-order valence-electron chi connectivity index (χ0n) is 15.0. The van der Waals surface area contributed by atoms with E-state index in [0.29, 0.717) is 35.4 Å². The number of guanidine groups is 1. The van der Waals surface area contributed by atoms with Crippen LogP contribution in [0.1, 0.15) is 12.0 Å². The molecule has 0 bridgehead atoms. The predicted molar refractivity (Wildman–Crippen MR) is 107 cm³/mol. The summed E-state index contributed by atoms with van der Waals surface area (Å²) >= 11 is 6.02. The Morgan fingerprint density at radius 3 is 2.54 bits per heavy atom. The van der Waals surface area contributed by atoms with Crippen LogP contribution in [0.2, 0.25) is 5.02 Å². The van der Waals surface area contributed by atoms with Gasteiger partial charge in [-0.25, -0.2) is 8.42 Å². The normalized spacial score (nSPS) is 12.0. The van der Waals surface area contributed by atoms with Gasteiger partial charge in [0, 0.05) is 32.2 Å². The van der Waals surface area contributed by atoms with Crippen LogP contribution in [0.3, 0.4) is 0 Å². The summed E-state index contributed by atoms with van der Waals surface area (Å²) in [6.07, 6.45) is 0.501. The summed E-state index contributed by atoms with van der Waals surface area (Å²) in [5.74, 6) is 0.807. The molecule has 0 saturated carbocycles. The second kappa shape index (κ2) is 9.59. The Kier molecular flexibility index (Phi) is 7.48. The van der Waals surface area contributed by atoms with Crippen molar-refractivity contribution in [1.82, 2.24) is 10.2 Å². The van der Waals surface area contributed by atoms with Crippen molar-refractivity contribution < 1.29 is 8.42 Å². The fraction of sp³-hybridized carbons (Fsp3) is 0.316. The van der Waals surface area contributed by atoms with Gasteiger partial charge in [0.1, 0.15) is 0 Å². The first-order valence-electron chi connectivity index (χ1n) is 8.36. The fourth-order valence-electron chi connectivity index (χ4n) is 2.58. The van der Waals surface area contributed by atoms with Gasteiger partial charge < -0.3 is 10.2 Å². The van der Waals surface area contributed by atoms with Gasteiger partial charge in [0.25, 0.3) is 0 Å². The molecule has 0 atom stereocenters. The maximum Gasteiger partial charge on any atom is 0.193 e. The van der Waals surface area contributed by atoms with Crippen molar-refractivity contribution in [2.24, 2.45) is 4.99 Å². The van der Waals surface area contributed by atoms with Crippen LogP contribution in [0.5, 0.6) is 0 Å². The molecule has 1 N–H and O–H groups in total. The molecule has 0 heterocycles. The van der Waals surface area contributed by atoms with Gasteiger partial charge in [-0.3, -0.25) is 4.99 Å². The molecule has 140 valence electrons. The number of nitrogens with zero attached hydrogens (tertiary/aromatic N) is 2. The summed E-state index contributed by atoms with van der Waals surface area (Å²) < 4.78 is 24.5. The molecule has 0 radical (unpaired) electrons. The maximum atomic E-state index is 12.3. The second-order valence-electron chi connectivity index (χ2n) is 5.95. The Balaban J connectivity index is 1.83. The first-order valence-corrected chi connectivity index (χ1v) is 10.4. The molecule has 5 nitrogen and oxygen atoms in total. The van der Waals surface area contributed by atoms with E-state index in [2.05, 4.69) is 10.3 Å². The molecule has 0 saturated heterocycles. The van der Waals surface area contributed by atoms with Gasteiger partial charge >= 0.3 is 0 Å². The van der Waals surface area contributed by atoms with Crippen LogP contribution in [0.4, 0.5) is 0 Å². The van der Waals surface area contributed by atoms with Gasteiger partial charge in [-0.1, -0.05) is 41.9 Å². The van der Waals surface area contributed by atoms with Crippen LogP contribution in [0.15, 0.2) is 64.5 Å². The SMILES string of the molecule is CN=C(NCCCS(=O)(=O)c1ccccc1)N(C)Cc1cccc(Cl)c1. The van der Waals surface area contributed by atoms with E-state index in [4.69, 9.17) is 11.6 Å². The van der Waals surface area contributed by atoms with Gasteiger partial charge in [0.15, 0.2) is 15.8 Å². The summed E-state index contributed by atoms with van der Waals surface area (Å²) in [6, 6.07) is 16.2. The molecule has 0 aliphatic carbocycles. The molecule has 0 aliphatic heterocycles. The zero-order chi connectivity index (χ0) is 19.0. The molecule has 26 heavy (non-hydrogen) atoms. The number of aliphatic imine (C=N–C) groups is 1. The third kappa shape index (κ3) is 6.04. The summed E-state index contributed by atoms with van der Waals surface area (Å²) in [7, 11) is 0.387. The van der Waals surface area contributed by atoms with Crippen molar-refractivity contribution in [3.63, 3.8) is 0 Å². The van der Waals surface area contributed by atoms with Crippen molar-refractivity contribution in [3.8, 4) is 0 Å². The first-order chi connectivity index (χ1) is 12.4. The van der Waals surface area contributed by atoms with Crippen LogP contribution in [0.25, 0.3) is 0 Å². The van der Waals surface area contributed by atoms with Gasteiger partial charge in [0.05, 0.1) is 10.6 Å². The van der Waals surface area contributed by atoms with Crippen molar-refractivity contribution in [2.75, 3.05) is 26.4 Å². The van der Waals surface area contributed by atoms with Crippen molar-refractivity contribution in [3.05, 3.63) is 65.2 Å². The number of hydrogen-bond donors (Lipinski definition) is 1. The van der Waals surface area contributed by atoms with E-state index in [9.17, 15) is 8.42 Å². The van der Waals surface area contributed by atoms with E-state index >= 15 is 0 Å². The predicted octanol–water partition coefficient (Wildman–Crippen LogP) is 3.21. The largest absolute Gasteiger partial charge is 0.356 e. The summed E-state index contributed by atoms with van der Waals surface area (Å²) in [5.41, 5.74) is 1.08. The third-order valence-corrected chi connectivity index (χ3v) is 5.91. The Morgan fingerprint density at radius 1 is 1.15 bits per heavy atom. The molecule has 0 aliphatic rings. The van der Waals surface area contributed by atoms with Gasteiger partial charge in [0.2, 0.25) is 0 Å². The average molecular weight is 394 g/mol. The highest BCUT2D eigenvalue weighted by Crippen LogP contribution is 2.12. The Morgan fingerprint density at radius 2 is 1.88 bits per heavy atom. The highest BCUT2D eigenvalue weighted by atomic mass is 35.5. The van der Waals surface area contributed by atoms with E-state index in [1.165, 1.54) is 0 Å². The average Bonchev–Trinajstić information content (AvgIpc) is 2.62. The van der Waals surface area contributed by atoms with E-state index in [-0.39, 0.29) is 5.75 Å². The van der Waals surface area contributed by atoms with E-state index in [0.717, 1.165) is 5.56 Å². The monoisotopic (exact) mass is 393 g/mol. The maximum absolute atomic E-state index is 12.3. The Bertz CT molecular complexity index is 839. The molecular weight excluding hydrogens is 370 g/mol. The molecule has 7 heteroatoms. The molecule has 0 spiro atoms. The lowest BCUT2D eigenvalue weighted by Crippen LogP contribution is -2.39. The van der Waals surface area contributed by atoms with Gasteiger partial charge in [-0.2, -0.15) is 0 Å².